The summed E-state index contributed by atoms with van der Waals surface area (Å²) in [7, 11) is 0. The molecule has 0 saturated carbocycles. The van der Waals surface area contributed by atoms with Crippen LogP contribution >= 0.6 is 11.8 Å². The zero-order valence-electron chi connectivity index (χ0n) is 17.8. The molecule has 2 aromatic carbocycles. The Bertz CT molecular complexity index is 1310. The van der Waals surface area contributed by atoms with Gasteiger partial charge >= 0.3 is 0 Å². The maximum Gasteiger partial charge on any atom is 0.250 e. The number of thioether (sulfide) groups is 1. The molecule has 0 radical (unpaired) electrons. The van der Waals surface area contributed by atoms with E-state index >= 15 is 0 Å². The molecule has 0 spiro atoms. The molecular formula is C22H21FN8OS. The molecule has 0 unspecified atom stereocenters. The van der Waals surface area contributed by atoms with Crippen molar-refractivity contribution in [2.75, 3.05) is 5.75 Å². The van der Waals surface area contributed by atoms with Gasteiger partial charge in [-0.2, -0.15) is 5.10 Å². The number of benzene rings is 2. The average molecular weight is 465 g/mol. The van der Waals surface area contributed by atoms with Crippen molar-refractivity contribution in [3.05, 3.63) is 78.4 Å². The number of hydrogen-bond donors (Lipinski definition) is 1. The van der Waals surface area contributed by atoms with Gasteiger partial charge in [-0.15, -0.1) is 21.9 Å². The van der Waals surface area contributed by atoms with Crippen LogP contribution in [0.25, 0.3) is 11.0 Å². The van der Waals surface area contributed by atoms with E-state index in [1.807, 2.05) is 28.8 Å². The van der Waals surface area contributed by atoms with Gasteiger partial charge in [0.25, 0.3) is 5.91 Å². The number of halogens is 1. The Morgan fingerprint density at radius 3 is 2.76 bits per heavy atom. The first-order valence-corrected chi connectivity index (χ1v) is 11.1. The van der Waals surface area contributed by atoms with E-state index in [4.69, 9.17) is 0 Å². The predicted molar refractivity (Wildman–Crippen MR) is 124 cm³/mol. The minimum Gasteiger partial charge on any atom is -0.301 e. The number of para-hydroxylation sites is 1. The summed E-state index contributed by atoms with van der Waals surface area (Å²) in [5.41, 5.74) is 5.51. The van der Waals surface area contributed by atoms with Gasteiger partial charge in [-0.1, -0.05) is 47.3 Å². The predicted octanol–water partition coefficient (Wildman–Crippen LogP) is 3.03. The number of fused-ring (bicyclic) bond motifs is 1. The summed E-state index contributed by atoms with van der Waals surface area (Å²) in [5, 5.41) is 21.5. The van der Waals surface area contributed by atoms with E-state index in [2.05, 4.69) is 37.6 Å². The van der Waals surface area contributed by atoms with E-state index < -0.39 is 0 Å². The second kappa shape index (κ2) is 10.2. The summed E-state index contributed by atoms with van der Waals surface area (Å²) in [6.07, 6.45) is 1.74. The molecule has 0 aliphatic rings. The molecule has 0 fully saturated rings. The molecule has 33 heavy (non-hydrogen) atoms. The van der Waals surface area contributed by atoms with Crippen molar-refractivity contribution >= 4 is 34.4 Å². The molecule has 0 bridgehead atoms. The van der Waals surface area contributed by atoms with E-state index in [0.717, 1.165) is 16.6 Å². The summed E-state index contributed by atoms with van der Waals surface area (Å²) in [5.74, 6) is 0.158. The van der Waals surface area contributed by atoms with Gasteiger partial charge in [0.05, 0.1) is 17.0 Å². The van der Waals surface area contributed by atoms with Gasteiger partial charge < -0.3 is 4.57 Å². The quantitative estimate of drug-likeness (QED) is 0.177. The minimum atomic E-state index is -0.327. The first-order chi connectivity index (χ1) is 16.0. The van der Waals surface area contributed by atoms with Gasteiger partial charge in [-0.25, -0.2) is 14.5 Å². The fraction of sp³-hybridized carbons (Fsp3) is 0.182. The van der Waals surface area contributed by atoms with Crippen molar-refractivity contribution in [1.82, 2.24) is 35.2 Å². The van der Waals surface area contributed by atoms with Crippen LogP contribution in [0.4, 0.5) is 4.39 Å². The molecule has 11 heteroatoms. The molecule has 0 aliphatic carbocycles. The number of allylic oxidation sites excluding steroid dienone is 1. The summed E-state index contributed by atoms with van der Waals surface area (Å²) in [4.78, 5) is 12.3. The fourth-order valence-electron chi connectivity index (χ4n) is 3.09. The highest BCUT2D eigenvalue weighted by molar-refractivity contribution is 7.99. The highest BCUT2D eigenvalue weighted by Crippen LogP contribution is 2.19. The fourth-order valence-corrected chi connectivity index (χ4v) is 3.85. The molecule has 4 aromatic rings. The van der Waals surface area contributed by atoms with Crippen LogP contribution in [0.3, 0.4) is 0 Å². The normalized spacial score (nSPS) is 11.6. The van der Waals surface area contributed by atoms with Gasteiger partial charge in [0.2, 0.25) is 0 Å². The van der Waals surface area contributed by atoms with Crippen molar-refractivity contribution in [2.45, 2.75) is 25.2 Å². The Morgan fingerprint density at radius 1 is 1.18 bits per heavy atom. The Hall–Kier alpha value is -3.86. The van der Waals surface area contributed by atoms with Crippen LogP contribution in [-0.4, -0.2) is 47.1 Å². The molecule has 1 N–H and O–H groups in total. The summed E-state index contributed by atoms with van der Waals surface area (Å²) < 4.78 is 16.7. The monoisotopic (exact) mass is 464 g/mol. The lowest BCUT2D eigenvalue weighted by Gasteiger charge is -2.08. The van der Waals surface area contributed by atoms with Crippen LogP contribution < -0.4 is 5.43 Å². The number of carbonyl (C=O) groups excluding carboxylic acids is 1. The number of rotatable bonds is 9. The topological polar surface area (TPSA) is 103 Å². The molecule has 0 aliphatic heterocycles. The molecule has 2 aromatic heterocycles. The van der Waals surface area contributed by atoms with Crippen molar-refractivity contribution in [2.24, 2.45) is 5.10 Å². The Balaban J connectivity index is 1.41. The average Bonchev–Trinajstić information content (AvgIpc) is 3.41. The molecule has 9 nitrogen and oxygen atoms in total. The third-order valence-electron chi connectivity index (χ3n) is 4.76. The van der Waals surface area contributed by atoms with Gasteiger partial charge in [-0.05, 0) is 36.8 Å². The van der Waals surface area contributed by atoms with E-state index in [1.165, 1.54) is 23.9 Å². The van der Waals surface area contributed by atoms with Gasteiger partial charge in [-0.3, -0.25) is 4.79 Å². The number of amides is 1. The summed E-state index contributed by atoms with van der Waals surface area (Å²) in [6.45, 7) is 6.41. The lowest BCUT2D eigenvalue weighted by atomic mass is 10.1. The highest BCUT2D eigenvalue weighted by atomic mass is 32.2. The summed E-state index contributed by atoms with van der Waals surface area (Å²) in [6, 6.07) is 13.6. The number of nitrogens with one attached hydrogen (secondary N) is 1. The smallest absolute Gasteiger partial charge is 0.250 e. The molecule has 2 heterocycles. The molecule has 0 saturated heterocycles. The first kappa shape index (κ1) is 22.3. The van der Waals surface area contributed by atoms with Crippen molar-refractivity contribution in [1.29, 1.82) is 0 Å². The van der Waals surface area contributed by atoms with Crippen molar-refractivity contribution in [3.63, 3.8) is 0 Å². The van der Waals surface area contributed by atoms with E-state index in [9.17, 15) is 9.18 Å². The zero-order chi connectivity index (χ0) is 23.2. The maximum atomic E-state index is 13.1. The SMILES string of the molecule is C=CCn1c(Cn2nnc3ccccc32)nnc1SCC(=O)NN=C(C)c1ccc(F)cc1. The van der Waals surface area contributed by atoms with Crippen LogP contribution in [0, 0.1) is 5.82 Å². The Kier molecular flexibility index (Phi) is 6.89. The lowest BCUT2D eigenvalue weighted by Crippen LogP contribution is -2.21. The van der Waals surface area contributed by atoms with Crippen LogP contribution in [0.15, 0.2) is 71.4 Å². The van der Waals surface area contributed by atoms with Crippen molar-refractivity contribution in [3.8, 4) is 0 Å². The van der Waals surface area contributed by atoms with Crippen LogP contribution in [-0.2, 0) is 17.9 Å². The van der Waals surface area contributed by atoms with Crippen LogP contribution in [0.1, 0.15) is 18.3 Å². The Morgan fingerprint density at radius 2 is 1.97 bits per heavy atom. The molecule has 168 valence electrons. The third kappa shape index (κ3) is 5.32. The minimum absolute atomic E-state index is 0.0989. The lowest BCUT2D eigenvalue weighted by molar-refractivity contribution is -0.118. The van der Waals surface area contributed by atoms with Crippen LogP contribution in [0.5, 0.6) is 0 Å². The standard InChI is InChI=1S/C22H21FN8OS/c1-3-12-30-20(13-31-19-7-5-4-6-18(19)25-29-31)26-28-22(30)33-14-21(32)27-24-15(2)16-8-10-17(23)11-9-16/h3-11H,1,12-14H2,2H3,(H,27,32). The zero-order valence-corrected chi connectivity index (χ0v) is 18.7. The molecular weight excluding hydrogens is 443 g/mol. The van der Waals surface area contributed by atoms with E-state index in [-0.39, 0.29) is 17.5 Å². The largest absolute Gasteiger partial charge is 0.301 e. The highest BCUT2D eigenvalue weighted by Gasteiger charge is 2.15. The number of hydrogen-bond acceptors (Lipinski definition) is 7. The molecule has 1 amide bonds. The second-order valence-electron chi connectivity index (χ2n) is 7.06. The molecule has 0 atom stereocenters. The van der Waals surface area contributed by atoms with E-state index in [1.54, 1.807) is 29.8 Å². The number of hydrazone groups is 1. The van der Waals surface area contributed by atoms with Gasteiger partial charge in [0.15, 0.2) is 11.0 Å². The number of aromatic nitrogens is 6. The third-order valence-corrected chi connectivity index (χ3v) is 5.73. The van der Waals surface area contributed by atoms with Gasteiger partial charge in [0, 0.05) is 6.54 Å². The first-order valence-electron chi connectivity index (χ1n) is 10.1. The molecule has 4 rings (SSSR count). The number of nitrogens with zero attached hydrogens (tertiary/aromatic N) is 7. The maximum absolute atomic E-state index is 13.1. The Labute approximate surface area is 193 Å². The number of carbonyl (C=O) groups is 1. The van der Waals surface area contributed by atoms with Crippen molar-refractivity contribution < 1.29 is 9.18 Å². The summed E-state index contributed by atoms with van der Waals surface area (Å²) >= 11 is 1.25. The van der Waals surface area contributed by atoms with E-state index in [0.29, 0.717) is 29.8 Å². The van der Waals surface area contributed by atoms with Crippen LogP contribution in [0.2, 0.25) is 0 Å². The van der Waals surface area contributed by atoms with Gasteiger partial charge in [0.1, 0.15) is 17.9 Å². The second-order valence-corrected chi connectivity index (χ2v) is 8.00.